The Bertz CT molecular complexity index is 797. The summed E-state index contributed by atoms with van der Waals surface area (Å²) in [5.41, 5.74) is 2.29. The molecule has 0 aliphatic carbocycles. The number of hydrogen-bond acceptors (Lipinski definition) is 4. The highest BCUT2D eigenvalue weighted by molar-refractivity contribution is 5.96. The van der Waals surface area contributed by atoms with Gasteiger partial charge in [0.25, 0.3) is 0 Å². The van der Waals surface area contributed by atoms with Gasteiger partial charge in [-0.25, -0.2) is 0 Å². The minimum Gasteiger partial charge on any atom is -0.293 e. The predicted molar refractivity (Wildman–Crippen MR) is 94.8 cm³/mol. The van der Waals surface area contributed by atoms with Crippen molar-refractivity contribution in [1.29, 1.82) is 5.26 Å². The summed E-state index contributed by atoms with van der Waals surface area (Å²) in [4.78, 5) is 19.6. The van der Waals surface area contributed by atoms with Crippen LogP contribution in [0.3, 0.4) is 0 Å². The summed E-state index contributed by atoms with van der Waals surface area (Å²) in [6, 6.07) is 16.9. The number of carbonyl (C=O) groups excluding carboxylic acids is 1. The van der Waals surface area contributed by atoms with E-state index < -0.39 is 0 Å². The van der Waals surface area contributed by atoms with Gasteiger partial charge in [0, 0.05) is 30.7 Å². The third kappa shape index (κ3) is 3.20. The van der Waals surface area contributed by atoms with Gasteiger partial charge in [-0.15, -0.1) is 0 Å². The first-order chi connectivity index (χ1) is 12.2. The molecule has 3 heterocycles. The highest BCUT2D eigenvalue weighted by atomic mass is 16.1. The van der Waals surface area contributed by atoms with E-state index >= 15 is 0 Å². The normalized spacial score (nSPS) is 25.5. The van der Waals surface area contributed by atoms with E-state index in [4.69, 9.17) is 5.26 Å². The Kier molecular flexibility index (Phi) is 4.33. The van der Waals surface area contributed by atoms with Crippen molar-refractivity contribution in [2.45, 2.75) is 44.3 Å². The molecule has 0 saturated carbocycles. The fraction of sp³-hybridized carbons (Fsp3) is 0.381. The molecule has 126 valence electrons. The monoisotopic (exact) mass is 331 g/mol. The third-order valence-corrected chi connectivity index (χ3v) is 5.60. The lowest BCUT2D eigenvalue weighted by Gasteiger charge is -2.38. The van der Waals surface area contributed by atoms with Gasteiger partial charge in [0.15, 0.2) is 5.78 Å². The summed E-state index contributed by atoms with van der Waals surface area (Å²) in [6.07, 6.45) is 5.71. The maximum Gasteiger partial charge on any atom is 0.184 e. The minimum absolute atomic E-state index is 0.0333. The fourth-order valence-electron chi connectivity index (χ4n) is 4.38. The van der Waals surface area contributed by atoms with Gasteiger partial charge in [-0.1, -0.05) is 30.3 Å². The molecule has 4 nitrogen and oxygen atoms in total. The van der Waals surface area contributed by atoms with Crippen LogP contribution in [-0.4, -0.2) is 27.8 Å². The number of piperidine rings is 1. The molecule has 2 aliphatic rings. The van der Waals surface area contributed by atoms with E-state index in [1.165, 1.54) is 18.4 Å². The number of nitriles is 1. The first kappa shape index (κ1) is 16.0. The molecule has 4 heteroatoms. The van der Waals surface area contributed by atoms with Crippen LogP contribution >= 0.6 is 0 Å². The summed E-state index contributed by atoms with van der Waals surface area (Å²) >= 11 is 0. The van der Waals surface area contributed by atoms with Crippen molar-refractivity contribution in [2.24, 2.45) is 5.92 Å². The van der Waals surface area contributed by atoms with E-state index in [2.05, 4.69) is 40.2 Å². The number of pyridine rings is 1. The van der Waals surface area contributed by atoms with Crippen LogP contribution in [0.2, 0.25) is 0 Å². The molecule has 2 unspecified atom stereocenters. The smallest absolute Gasteiger partial charge is 0.184 e. The molecule has 2 atom stereocenters. The van der Waals surface area contributed by atoms with Gasteiger partial charge in [-0.2, -0.15) is 5.26 Å². The van der Waals surface area contributed by atoms with E-state index in [9.17, 15) is 4.79 Å². The average molecular weight is 331 g/mol. The lowest BCUT2D eigenvalue weighted by Crippen LogP contribution is -2.44. The zero-order chi connectivity index (χ0) is 17.2. The Labute approximate surface area is 148 Å². The summed E-state index contributed by atoms with van der Waals surface area (Å²) in [5, 5.41) is 9.03. The second kappa shape index (κ2) is 6.78. The quantitative estimate of drug-likeness (QED) is 0.804. The molecular weight excluding hydrogens is 310 g/mol. The molecule has 0 N–H and O–H groups in total. The lowest BCUT2D eigenvalue weighted by molar-refractivity contribution is 0.0674. The second-order valence-corrected chi connectivity index (χ2v) is 7.12. The topological polar surface area (TPSA) is 57.0 Å². The van der Waals surface area contributed by atoms with Crippen LogP contribution in [0.5, 0.6) is 0 Å². The number of Topliss-reactive ketones (excluding diaryl/α,β-unsaturated/α-hetero) is 1. The van der Waals surface area contributed by atoms with E-state index in [1.54, 1.807) is 18.3 Å². The molecule has 2 saturated heterocycles. The van der Waals surface area contributed by atoms with E-state index in [-0.39, 0.29) is 11.7 Å². The van der Waals surface area contributed by atoms with Crippen LogP contribution in [0.15, 0.2) is 48.7 Å². The van der Waals surface area contributed by atoms with Gasteiger partial charge in [0.1, 0.15) is 5.69 Å². The summed E-state index contributed by atoms with van der Waals surface area (Å²) in [5.74, 6) is 0.138. The van der Waals surface area contributed by atoms with Crippen molar-refractivity contribution in [3.8, 4) is 6.07 Å². The van der Waals surface area contributed by atoms with Crippen molar-refractivity contribution in [1.82, 2.24) is 9.88 Å². The van der Waals surface area contributed by atoms with E-state index in [0.29, 0.717) is 23.3 Å². The Balaban J connectivity index is 1.47. The number of hydrogen-bond donors (Lipinski definition) is 0. The lowest BCUT2D eigenvalue weighted by atomic mass is 9.85. The highest BCUT2D eigenvalue weighted by Crippen LogP contribution is 2.40. The van der Waals surface area contributed by atoms with Gasteiger partial charge in [-0.3, -0.25) is 14.7 Å². The highest BCUT2D eigenvalue weighted by Gasteiger charge is 2.43. The van der Waals surface area contributed by atoms with Gasteiger partial charge in [0.2, 0.25) is 0 Å². The number of benzene rings is 1. The van der Waals surface area contributed by atoms with Crippen molar-refractivity contribution >= 4 is 5.78 Å². The number of fused-ring (bicyclic) bond motifs is 2. The Morgan fingerprint density at radius 1 is 1.16 bits per heavy atom. The van der Waals surface area contributed by atoms with Gasteiger partial charge in [-0.05, 0) is 43.4 Å². The average Bonchev–Trinajstić information content (AvgIpc) is 2.90. The zero-order valence-corrected chi connectivity index (χ0v) is 14.1. The van der Waals surface area contributed by atoms with Crippen molar-refractivity contribution in [2.75, 3.05) is 0 Å². The standard InChI is InChI=1S/C21H21N3O/c22-13-16-8-9-23-20(10-16)21(25)17-11-18-6-7-19(12-17)24(18)14-15-4-2-1-3-5-15/h1-5,8-10,17-19H,6-7,11-12,14H2. The van der Waals surface area contributed by atoms with Crippen molar-refractivity contribution in [3.63, 3.8) is 0 Å². The summed E-state index contributed by atoms with van der Waals surface area (Å²) in [7, 11) is 0. The number of rotatable bonds is 4. The molecule has 1 aromatic carbocycles. The Morgan fingerprint density at radius 2 is 1.88 bits per heavy atom. The summed E-state index contributed by atoms with van der Waals surface area (Å²) in [6.45, 7) is 0.971. The van der Waals surface area contributed by atoms with E-state index in [0.717, 1.165) is 19.4 Å². The first-order valence-corrected chi connectivity index (χ1v) is 8.94. The first-order valence-electron chi connectivity index (χ1n) is 8.94. The molecule has 2 aliphatic heterocycles. The maximum atomic E-state index is 12.9. The number of carbonyl (C=O) groups is 1. The van der Waals surface area contributed by atoms with Crippen LogP contribution in [0.25, 0.3) is 0 Å². The number of aromatic nitrogens is 1. The molecule has 0 amide bonds. The second-order valence-electron chi connectivity index (χ2n) is 7.12. The predicted octanol–water partition coefficient (Wildman–Crippen LogP) is 3.58. The molecule has 2 bridgehead atoms. The number of ketones is 1. The van der Waals surface area contributed by atoms with Crippen molar-refractivity contribution < 1.29 is 4.79 Å². The molecule has 25 heavy (non-hydrogen) atoms. The summed E-state index contributed by atoms with van der Waals surface area (Å²) < 4.78 is 0. The molecule has 4 rings (SSSR count). The fourth-order valence-corrected chi connectivity index (χ4v) is 4.38. The third-order valence-electron chi connectivity index (χ3n) is 5.60. The van der Waals surface area contributed by atoms with Crippen molar-refractivity contribution in [3.05, 3.63) is 65.5 Å². The van der Waals surface area contributed by atoms with Crippen LogP contribution in [-0.2, 0) is 6.54 Å². The van der Waals surface area contributed by atoms with Crippen LogP contribution in [0.4, 0.5) is 0 Å². The SMILES string of the molecule is N#Cc1ccnc(C(=O)C2CC3CCC(C2)N3Cc2ccccc2)c1. The van der Waals surface area contributed by atoms with Gasteiger partial charge < -0.3 is 0 Å². The van der Waals surface area contributed by atoms with Gasteiger partial charge in [0.05, 0.1) is 11.6 Å². The Morgan fingerprint density at radius 3 is 2.56 bits per heavy atom. The maximum absolute atomic E-state index is 12.9. The molecular formula is C21H21N3O. The van der Waals surface area contributed by atoms with Crippen LogP contribution in [0, 0.1) is 17.2 Å². The van der Waals surface area contributed by atoms with Crippen LogP contribution < -0.4 is 0 Å². The molecule has 0 spiro atoms. The Hall–Kier alpha value is -2.51. The molecule has 2 fully saturated rings. The molecule has 0 radical (unpaired) electrons. The number of nitrogens with zero attached hydrogens (tertiary/aromatic N) is 3. The minimum atomic E-state index is 0.0333. The molecule has 1 aromatic heterocycles. The van der Waals surface area contributed by atoms with E-state index in [1.807, 2.05) is 6.07 Å². The van der Waals surface area contributed by atoms with Gasteiger partial charge >= 0.3 is 0 Å². The van der Waals surface area contributed by atoms with Crippen LogP contribution in [0.1, 0.15) is 47.3 Å². The largest absolute Gasteiger partial charge is 0.293 e. The zero-order valence-electron chi connectivity index (χ0n) is 14.1. The molecule has 2 aromatic rings.